The molecule has 2 bridgehead atoms. The van der Waals surface area contributed by atoms with Crippen molar-refractivity contribution in [3.63, 3.8) is 0 Å². The zero-order chi connectivity index (χ0) is 18.1. The minimum Gasteiger partial charge on any atom is -0.465 e. The third kappa shape index (κ3) is 5.70. The van der Waals surface area contributed by atoms with Crippen molar-refractivity contribution in [2.75, 3.05) is 13.2 Å². The summed E-state index contributed by atoms with van der Waals surface area (Å²) in [4.78, 5) is 25.0. The molecule has 2 unspecified atom stereocenters. The molecule has 0 aromatic rings. The number of ether oxygens (including phenoxy) is 3. The molecule has 0 aromatic heterocycles. The molecule has 4 atom stereocenters. The quantitative estimate of drug-likeness (QED) is 0.391. The molecule has 0 amide bonds. The van der Waals surface area contributed by atoms with E-state index in [1.165, 1.54) is 0 Å². The lowest BCUT2D eigenvalue weighted by Crippen LogP contribution is -2.40. The summed E-state index contributed by atoms with van der Waals surface area (Å²) in [7, 11) is 0. The van der Waals surface area contributed by atoms with Crippen LogP contribution in [0.3, 0.4) is 0 Å². The Morgan fingerprint density at radius 2 is 1.20 bits per heavy atom. The summed E-state index contributed by atoms with van der Waals surface area (Å²) in [5.41, 5.74) is 0. The first kappa shape index (κ1) is 20.2. The zero-order valence-electron chi connectivity index (χ0n) is 15.8. The topological polar surface area (TPSA) is 61.8 Å². The van der Waals surface area contributed by atoms with Crippen molar-refractivity contribution in [3.8, 4) is 0 Å². The van der Waals surface area contributed by atoms with Crippen LogP contribution in [0.5, 0.6) is 0 Å². The minimum atomic E-state index is -0.479. The molecule has 2 aliphatic heterocycles. The summed E-state index contributed by atoms with van der Waals surface area (Å²) < 4.78 is 16.7. The Morgan fingerprint density at radius 1 is 0.760 bits per heavy atom. The smallest absolute Gasteiger partial charge is 0.312 e. The van der Waals surface area contributed by atoms with Crippen LogP contribution in [0.25, 0.3) is 0 Å². The SMILES string of the molecule is CCCCCCOC(=O)C1C(C(=O)OCCCCCC)[C@H]2CC[C@H]1O2. The maximum atomic E-state index is 12.5. The van der Waals surface area contributed by atoms with Crippen molar-refractivity contribution in [1.82, 2.24) is 0 Å². The Bertz CT molecular complexity index is 384. The van der Waals surface area contributed by atoms with Crippen molar-refractivity contribution >= 4 is 11.9 Å². The molecule has 0 radical (unpaired) electrons. The Balaban J connectivity index is 1.79. The fraction of sp³-hybridized carbons (Fsp3) is 0.900. The number of fused-ring (bicyclic) bond motifs is 2. The lowest BCUT2D eigenvalue weighted by molar-refractivity contribution is -0.161. The van der Waals surface area contributed by atoms with E-state index in [0.29, 0.717) is 13.2 Å². The summed E-state index contributed by atoms with van der Waals surface area (Å²) in [5, 5.41) is 0. The highest BCUT2D eigenvalue weighted by Gasteiger charge is 2.56. The van der Waals surface area contributed by atoms with Crippen LogP contribution in [-0.4, -0.2) is 37.4 Å². The molecule has 2 aliphatic rings. The van der Waals surface area contributed by atoms with Gasteiger partial charge in [0.1, 0.15) is 0 Å². The van der Waals surface area contributed by atoms with Gasteiger partial charge in [0, 0.05) is 0 Å². The first-order valence-electron chi connectivity index (χ1n) is 10.2. The average Bonchev–Trinajstić information content (AvgIpc) is 3.22. The van der Waals surface area contributed by atoms with Crippen molar-refractivity contribution < 1.29 is 23.8 Å². The lowest BCUT2D eigenvalue weighted by Gasteiger charge is -2.25. The molecule has 5 nitrogen and oxygen atoms in total. The molecule has 0 aliphatic carbocycles. The Labute approximate surface area is 151 Å². The summed E-state index contributed by atoms with van der Waals surface area (Å²) in [5.74, 6) is -1.52. The van der Waals surface area contributed by atoms with Crippen molar-refractivity contribution in [3.05, 3.63) is 0 Å². The van der Waals surface area contributed by atoms with E-state index in [9.17, 15) is 9.59 Å². The van der Waals surface area contributed by atoms with E-state index in [2.05, 4.69) is 13.8 Å². The molecular weight excluding hydrogens is 320 g/mol. The number of carbonyl (C=O) groups is 2. The van der Waals surface area contributed by atoms with E-state index in [1.54, 1.807) is 0 Å². The molecule has 144 valence electrons. The number of rotatable bonds is 12. The Morgan fingerprint density at radius 3 is 1.60 bits per heavy atom. The maximum Gasteiger partial charge on any atom is 0.312 e. The average molecular weight is 354 g/mol. The van der Waals surface area contributed by atoms with E-state index in [1.807, 2.05) is 0 Å². The van der Waals surface area contributed by atoms with E-state index in [0.717, 1.165) is 64.2 Å². The number of esters is 2. The predicted octanol–water partition coefficient (Wildman–Crippen LogP) is 4.03. The van der Waals surface area contributed by atoms with Crippen LogP contribution in [0.2, 0.25) is 0 Å². The minimum absolute atomic E-state index is 0.175. The third-order valence-electron chi connectivity index (χ3n) is 5.30. The van der Waals surface area contributed by atoms with E-state index < -0.39 is 11.8 Å². The molecule has 2 heterocycles. The van der Waals surface area contributed by atoms with E-state index in [-0.39, 0.29) is 24.1 Å². The molecule has 0 spiro atoms. The zero-order valence-corrected chi connectivity index (χ0v) is 15.8. The highest BCUT2D eigenvalue weighted by atomic mass is 16.6. The van der Waals surface area contributed by atoms with Crippen LogP contribution in [0.4, 0.5) is 0 Å². The standard InChI is InChI=1S/C20H34O5/c1-3-5-7-9-13-23-19(21)17-15-11-12-16(25-15)18(17)20(22)24-14-10-8-6-4-2/h15-18H,3-14H2,1-2H3/t15-,16-,17?,18?/m1/s1. The number of unbranched alkanes of at least 4 members (excludes halogenated alkanes) is 6. The lowest BCUT2D eigenvalue weighted by atomic mass is 9.79. The van der Waals surface area contributed by atoms with Crippen molar-refractivity contribution in [1.29, 1.82) is 0 Å². The summed E-state index contributed by atoms with van der Waals surface area (Å²) >= 11 is 0. The van der Waals surface area contributed by atoms with Gasteiger partial charge in [-0.25, -0.2) is 0 Å². The summed E-state index contributed by atoms with van der Waals surface area (Å²) in [6.45, 7) is 5.17. The number of hydrogen-bond acceptors (Lipinski definition) is 5. The van der Waals surface area contributed by atoms with Gasteiger partial charge in [-0.1, -0.05) is 52.4 Å². The molecule has 5 heteroatoms. The molecule has 2 fully saturated rings. The molecule has 2 rings (SSSR count). The fourth-order valence-corrected chi connectivity index (χ4v) is 3.87. The van der Waals surface area contributed by atoms with Crippen LogP contribution in [0, 0.1) is 11.8 Å². The highest BCUT2D eigenvalue weighted by molar-refractivity contribution is 5.84. The van der Waals surface area contributed by atoms with Gasteiger partial charge in [0.25, 0.3) is 0 Å². The molecular formula is C20H34O5. The van der Waals surface area contributed by atoms with Crippen LogP contribution in [0.1, 0.15) is 78.1 Å². The van der Waals surface area contributed by atoms with E-state index in [4.69, 9.17) is 14.2 Å². The molecule has 0 N–H and O–H groups in total. The molecule has 2 saturated heterocycles. The Kier molecular flexibility index (Phi) is 8.73. The van der Waals surface area contributed by atoms with Gasteiger partial charge in [-0.3, -0.25) is 9.59 Å². The largest absolute Gasteiger partial charge is 0.465 e. The van der Waals surface area contributed by atoms with Gasteiger partial charge in [-0.2, -0.15) is 0 Å². The van der Waals surface area contributed by atoms with Crippen molar-refractivity contribution in [2.45, 2.75) is 90.3 Å². The van der Waals surface area contributed by atoms with Gasteiger partial charge < -0.3 is 14.2 Å². The maximum absolute atomic E-state index is 12.5. The first-order valence-corrected chi connectivity index (χ1v) is 10.2. The summed E-state index contributed by atoms with van der Waals surface area (Å²) in [6, 6.07) is 0. The monoisotopic (exact) mass is 354 g/mol. The van der Waals surface area contributed by atoms with Crippen LogP contribution < -0.4 is 0 Å². The van der Waals surface area contributed by atoms with Gasteiger partial charge in [0.2, 0.25) is 0 Å². The van der Waals surface area contributed by atoms with Crippen LogP contribution in [0.15, 0.2) is 0 Å². The number of carbonyl (C=O) groups excluding carboxylic acids is 2. The summed E-state index contributed by atoms with van der Waals surface area (Å²) in [6.07, 6.45) is 9.84. The second-order valence-electron chi connectivity index (χ2n) is 7.30. The number of hydrogen-bond donors (Lipinski definition) is 0. The second-order valence-corrected chi connectivity index (χ2v) is 7.30. The van der Waals surface area contributed by atoms with Crippen molar-refractivity contribution in [2.24, 2.45) is 11.8 Å². The molecule has 0 aromatic carbocycles. The van der Waals surface area contributed by atoms with Gasteiger partial charge in [0.15, 0.2) is 0 Å². The van der Waals surface area contributed by atoms with Gasteiger partial charge in [-0.15, -0.1) is 0 Å². The molecule has 0 saturated carbocycles. The molecule has 25 heavy (non-hydrogen) atoms. The van der Waals surface area contributed by atoms with E-state index >= 15 is 0 Å². The predicted molar refractivity (Wildman–Crippen MR) is 95.1 cm³/mol. The van der Waals surface area contributed by atoms with Crippen LogP contribution >= 0.6 is 0 Å². The van der Waals surface area contributed by atoms with Gasteiger partial charge in [-0.05, 0) is 25.7 Å². The van der Waals surface area contributed by atoms with Crippen LogP contribution in [-0.2, 0) is 23.8 Å². The third-order valence-corrected chi connectivity index (χ3v) is 5.30. The second kappa shape index (κ2) is 10.8. The first-order chi connectivity index (χ1) is 12.2. The van der Waals surface area contributed by atoms with Gasteiger partial charge >= 0.3 is 11.9 Å². The highest BCUT2D eigenvalue weighted by Crippen LogP contribution is 2.44. The Hall–Kier alpha value is -1.10. The fourth-order valence-electron chi connectivity index (χ4n) is 3.87. The normalized spacial score (nSPS) is 27.4. The van der Waals surface area contributed by atoms with Gasteiger partial charge in [0.05, 0.1) is 37.3 Å².